The lowest BCUT2D eigenvalue weighted by Crippen LogP contribution is -2.17. The molecule has 1 saturated heterocycles. The number of benzene rings is 2. The summed E-state index contributed by atoms with van der Waals surface area (Å²) in [6.07, 6.45) is 1.59. The predicted molar refractivity (Wildman–Crippen MR) is 93.5 cm³/mol. The number of ether oxygens (including phenoxy) is 2. The first-order valence-electron chi connectivity index (χ1n) is 7.27. The summed E-state index contributed by atoms with van der Waals surface area (Å²) in [5.74, 6) is -0.151. The molecule has 0 aromatic heterocycles. The van der Waals surface area contributed by atoms with E-state index in [1.807, 2.05) is 0 Å². The van der Waals surface area contributed by atoms with Crippen molar-refractivity contribution < 1.29 is 23.9 Å². The molecule has 2 aromatic carbocycles. The molecule has 0 aliphatic carbocycles. The Hall–Kier alpha value is -3.06. The number of para-hydroxylation sites is 1. The van der Waals surface area contributed by atoms with E-state index in [0.29, 0.717) is 27.5 Å². The van der Waals surface area contributed by atoms with Gasteiger partial charge in [0, 0.05) is 0 Å². The van der Waals surface area contributed by atoms with Crippen molar-refractivity contribution in [3.05, 3.63) is 64.6 Å². The quantitative estimate of drug-likeness (QED) is 0.515. The molecule has 1 aliphatic heterocycles. The van der Waals surface area contributed by atoms with E-state index in [9.17, 15) is 14.4 Å². The Bertz CT molecular complexity index is 873. The molecule has 25 heavy (non-hydrogen) atoms. The Labute approximate surface area is 147 Å². The van der Waals surface area contributed by atoms with Crippen molar-refractivity contribution in [1.82, 2.24) is 5.32 Å². The molecular formula is C18H13NO5S. The van der Waals surface area contributed by atoms with E-state index in [2.05, 4.69) is 5.32 Å². The second-order valence-corrected chi connectivity index (χ2v) is 6.03. The molecule has 1 heterocycles. The number of carbonyl (C=O) groups is 3. The SMILES string of the molecule is COc1ccccc1C(=O)Oc1ccc(/C=C2/SC(=O)NC2=O)cc1. The van der Waals surface area contributed by atoms with Gasteiger partial charge in [0.25, 0.3) is 11.1 Å². The molecule has 6 nitrogen and oxygen atoms in total. The van der Waals surface area contributed by atoms with Gasteiger partial charge in [0.2, 0.25) is 0 Å². The number of carbonyl (C=O) groups excluding carboxylic acids is 3. The third-order valence-electron chi connectivity index (χ3n) is 3.36. The number of methoxy groups -OCH3 is 1. The fourth-order valence-corrected chi connectivity index (χ4v) is 2.86. The Balaban J connectivity index is 1.73. The van der Waals surface area contributed by atoms with Gasteiger partial charge in [0.05, 0.1) is 12.0 Å². The zero-order valence-electron chi connectivity index (χ0n) is 13.1. The molecule has 7 heteroatoms. The third-order valence-corrected chi connectivity index (χ3v) is 4.17. The molecule has 1 fully saturated rings. The number of thioether (sulfide) groups is 1. The van der Waals surface area contributed by atoms with E-state index in [0.717, 1.165) is 11.8 Å². The first-order chi connectivity index (χ1) is 12.1. The smallest absolute Gasteiger partial charge is 0.347 e. The van der Waals surface area contributed by atoms with Crippen LogP contribution in [0.15, 0.2) is 53.4 Å². The van der Waals surface area contributed by atoms with Crippen LogP contribution in [0.25, 0.3) is 6.08 Å². The van der Waals surface area contributed by atoms with Crippen molar-refractivity contribution in [1.29, 1.82) is 0 Å². The van der Waals surface area contributed by atoms with Gasteiger partial charge < -0.3 is 9.47 Å². The summed E-state index contributed by atoms with van der Waals surface area (Å²) in [6.45, 7) is 0. The van der Waals surface area contributed by atoms with E-state index in [-0.39, 0.29) is 0 Å². The van der Waals surface area contributed by atoms with Crippen LogP contribution >= 0.6 is 11.8 Å². The molecule has 0 atom stereocenters. The minimum atomic E-state index is -0.528. The van der Waals surface area contributed by atoms with Crippen molar-refractivity contribution in [3.63, 3.8) is 0 Å². The van der Waals surface area contributed by atoms with Gasteiger partial charge in [-0.15, -0.1) is 0 Å². The molecule has 126 valence electrons. The molecule has 2 amide bonds. The summed E-state index contributed by atoms with van der Waals surface area (Å²) in [6, 6.07) is 13.4. The van der Waals surface area contributed by atoms with E-state index >= 15 is 0 Å². The lowest BCUT2D eigenvalue weighted by Gasteiger charge is -2.08. The normalized spacial score (nSPS) is 15.2. The number of amides is 2. The van der Waals surface area contributed by atoms with Crippen LogP contribution in [0.2, 0.25) is 0 Å². The van der Waals surface area contributed by atoms with E-state index in [4.69, 9.17) is 9.47 Å². The zero-order chi connectivity index (χ0) is 17.8. The highest BCUT2D eigenvalue weighted by atomic mass is 32.2. The first kappa shape index (κ1) is 16.8. The number of nitrogens with one attached hydrogen (secondary N) is 1. The molecule has 1 aliphatic rings. The van der Waals surface area contributed by atoms with Crippen molar-refractivity contribution in [2.75, 3.05) is 7.11 Å². The second kappa shape index (κ2) is 7.23. The summed E-state index contributed by atoms with van der Waals surface area (Å²) in [5.41, 5.74) is 1.04. The van der Waals surface area contributed by atoms with Gasteiger partial charge >= 0.3 is 5.97 Å². The van der Waals surface area contributed by atoms with Gasteiger partial charge in [-0.25, -0.2) is 4.79 Å². The minimum absolute atomic E-state index is 0.323. The number of hydrogen-bond donors (Lipinski definition) is 1. The lowest BCUT2D eigenvalue weighted by molar-refractivity contribution is -0.115. The minimum Gasteiger partial charge on any atom is -0.496 e. The summed E-state index contributed by atoms with van der Waals surface area (Å²) in [5, 5.41) is 1.80. The van der Waals surface area contributed by atoms with Gasteiger partial charge in [0.1, 0.15) is 17.1 Å². The lowest BCUT2D eigenvalue weighted by atomic mass is 10.2. The maximum Gasteiger partial charge on any atom is 0.347 e. The van der Waals surface area contributed by atoms with Crippen LogP contribution in [-0.2, 0) is 4.79 Å². The molecule has 0 unspecified atom stereocenters. The summed E-state index contributed by atoms with van der Waals surface area (Å²) >= 11 is 0.847. The average Bonchev–Trinajstić information content (AvgIpc) is 2.93. The number of rotatable bonds is 4. The number of esters is 1. The van der Waals surface area contributed by atoms with Crippen LogP contribution in [0, 0.1) is 0 Å². The zero-order valence-corrected chi connectivity index (χ0v) is 14.0. The largest absolute Gasteiger partial charge is 0.496 e. The number of hydrogen-bond acceptors (Lipinski definition) is 6. The van der Waals surface area contributed by atoms with E-state index in [1.165, 1.54) is 7.11 Å². The summed E-state index contributed by atoms with van der Waals surface area (Å²) in [4.78, 5) is 35.2. The molecule has 2 aromatic rings. The Morgan fingerprint density at radius 1 is 1.08 bits per heavy atom. The van der Waals surface area contributed by atoms with Gasteiger partial charge in [0.15, 0.2) is 0 Å². The Morgan fingerprint density at radius 3 is 2.44 bits per heavy atom. The average molecular weight is 355 g/mol. The van der Waals surface area contributed by atoms with E-state index < -0.39 is 17.1 Å². The van der Waals surface area contributed by atoms with E-state index in [1.54, 1.807) is 54.6 Å². The topological polar surface area (TPSA) is 81.7 Å². The fraction of sp³-hybridized carbons (Fsp3) is 0.0556. The van der Waals surface area contributed by atoms with Crippen LogP contribution < -0.4 is 14.8 Å². The first-order valence-corrected chi connectivity index (χ1v) is 8.08. The van der Waals surface area contributed by atoms with Gasteiger partial charge in [-0.05, 0) is 47.7 Å². The second-order valence-electron chi connectivity index (χ2n) is 5.01. The predicted octanol–water partition coefficient (Wildman–Crippen LogP) is 3.24. The van der Waals surface area contributed by atoms with Crippen LogP contribution in [0.1, 0.15) is 15.9 Å². The molecule has 3 rings (SSSR count). The van der Waals surface area contributed by atoms with Crippen LogP contribution in [0.5, 0.6) is 11.5 Å². The van der Waals surface area contributed by atoms with Crippen molar-refractivity contribution in [2.24, 2.45) is 0 Å². The molecule has 1 N–H and O–H groups in total. The van der Waals surface area contributed by atoms with Crippen molar-refractivity contribution >= 4 is 35.0 Å². The Morgan fingerprint density at radius 2 is 1.80 bits per heavy atom. The maximum absolute atomic E-state index is 12.2. The van der Waals surface area contributed by atoms with Gasteiger partial charge in [-0.1, -0.05) is 24.3 Å². The Kier molecular flexibility index (Phi) is 4.85. The molecule has 0 spiro atoms. The van der Waals surface area contributed by atoms with Gasteiger partial charge in [-0.3, -0.25) is 14.9 Å². The van der Waals surface area contributed by atoms with Crippen LogP contribution in [0.4, 0.5) is 4.79 Å². The molecule has 0 radical (unpaired) electrons. The summed E-state index contributed by atoms with van der Waals surface area (Å²) < 4.78 is 10.5. The highest BCUT2D eigenvalue weighted by molar-refractivity contribution is 8.18. The van der Waals surface area contributed by atoms with Gasteiger partial charge in [-0.2, -0.15) is 0 Å². The highest BCUT2D eigenvalue weighted by Gasteiger charge is 2.24. The monoisotopic (exact) mass is 355 g/mol. The highest BCUT2D eigenvalue weighted by Crippen LogP contribution is 2.26. The molecule has 0 bridgehead atoms. The molecular weight excluding hydrogens is 342 g/mol. The van der Waals surface area contributed by atoms with Crippen LogP contribution in [0.3, 0.4) is 0 Å². The standard InChI is InChI=1S/C18H13NO5S/c1-23-14-5-3-2-4-13(14)17(21)24-12-8-6-11(7-9-12)10-15-16(20)19-18(22)25-15/h2-10H,1H3,(H,19,20,22)/b15-10+. The van der Waals surface area contributed by atoms with Crippen molar-refractivity contribution in [2.45, 2.75) is 0 Å². The third kappa shape index (κ3) is 3.89. The maximum atomic E-state index is 12.2. The van der Waals surface area contributed by atoms with Crippen molar-refractivity contribution in [3.8, 4) is 11.5 Å². The molecule has 0 saturated carbocycles. The van der Waals surface area contributed by atoms with Crippen LogP contribution in [-0.4, -0.2) is 24.2 Å². The fourth-order valence-electron chi connectivity index (χ4n) is 2.18. The number of imide groups is 1. The summed E-state index contributed by atoms with van der Waals surface area (Å²) in [7, 11) is 1.48.